The molecule has 1 fully saturated rings. The molecular formula is C24H24N4O3. The molecule has 2 aromatic carbocycles. The Bertz CT molecular complexity index is 1020. The zero-order chi connectivity index (χ0) is 21.5. The van der Waals surface area contributed by atoms with Crippen LogP contribution in [0, 0.1) is 0 Å². The molecule has 1 saturated heterocycles. The number of pyridine rings is 1. The molecule has 7 nitrogen and oxygen atoms in total. The number of anilines is 2. The number of urea groups is 1. The Labute approximate surface area is 181 Å². The lowest BCUT2D eigenvalue weighted by Crippen LogP contribution is -2.28. The monoisotopic (exact) mass is 416 g/mol. The minimum absolute atomic E-state index is 0.145. The molecule has 7 heteroatoms. The predicted molar refractivity (Wildman–Crippen MR) is 119 cm³/mol. The van der Waals surface area contributed by atoms with E-state index in [0.717, 1.165) is 35.5 Å². The van der Waals surface area contributed by atoms with Gasteiger partial charge in [-0.1, -0.05) is 18.2 Å². The standard InChI is InChI=1S/C24H24N4O3/c29-23-4-2-14-28(23)21-9-7-20(8-10-21)27-24(30)26-16-18-5-11-22(12-6-18)31-17-19-3-1-13-25-15-19/h1,3,5-13,15H,2,4,14,16-17H2,(H2,26,27,30). The van der Waals surface area contributed by atoms with Crippen molar-refractivity contribution in [3.8, 4) is 5.75 Å². The normalized spacial score (nSPS) is 13.2. The minimum atomic E-state index is -0.290. The molecule has 0 spiro atoms. The molecule has 2 N–H and O–H groups in total. The molecule has 3 amide bonds. The third-order valence-electron chi connectivity index (χ3n) is 5.01. The van der Waals surface area contributed by atoms with Crippen LogP contribution in [-0.4, -0.2) is 23.5 Å². The molecule has 3 aromatic rings. The molecule has 0 unspecified atom stereocenters. The van der Waals surface area contributed by atoms with E-state index in [-0.39, 0.29) is 11.9 Å². The summed E-state index contributed by atoms with van der Waals surface area (Å²) < 4.78 is 5.74. The quantitative estimate of drug-likeness (QED) is 0.607. The van der Waals surface area contributed by atoms with Gasteiger partial charge in [0.2, 0.25) is 5.91 Å². The maximum atomic E-state index is 12.2. The summed E-state index contributed by atoms with van der Waals surface area (Å²) in [5.41, 5.74) is 3.50. The van der Waals surface area contributed by atoms with Crippen molar-refractivity contribution < 1.29 is 14.3 Å². The van der Waals surface area contributed by atoms with Gasteiger partial charge in [0.25, 0.3) is 0 Å². The average molecular weight is 416 g/mol. The topological polar surface area (TPSA) is 83.6 Å². The molecular weight excluding hydrogens is 392 g/mol. The number of rotatable bonds is 7. The first-order valence-corrected chi connectivity index (χ1v) is 10.2. The lowest BCUT2D eigenvalue weighted by atomic mass is 10.2. The first-order valence-electron chi connectivity index (χ1n) is 10.2. The van der Waals surface area contributed by atoms with Gasteiger partial charge in [-0.25, -0.2) is 4.79 Å². The highest BCUT2D eigenvalue weighted by atomic mass is 16.5. The minimum Gasteiger partial charge on any atom is -0.489 e. The van der Waals surface area contributed by atoms with E-state index in [1.54, 1.807) is 29.4 Å². The van der Waals surface area contributed by atoms with Gasteiger partial charge in [-0.3, -0.25) is 9.78 Å². The van der Waals surface area contributed by atoms with E-state index in [0.29, 0.717) is 25.3 Å². The van der Waals surface area contributed by atoms with Crippen LogP contribution in [0.3, 0.4) is 0 Å². The second kappa shape index (κ2) is 9.75. The van der Waals surface area contributed by atoms with E-state index in [1.165, 1.54) is 0 Å². The van der Waals surface area contributed by atoms with Crippen LogP contribution in [0.15, 0.2) is 73.1 Å². The lowest BCUT2D eigenvalue weighted by Gasteiger charge is -2.16. The van der Waals surface area contributed by atoms with Crippen LogP contribution in [0.5, 0.6) is 5.75 Å². The van der Waals surface area contributed by atoms with Gasteiger partial charge in [-0.2, -0.15) is 0 Å². The summed E-state index contributed by atoms with van der Waals surface area (Å²) in [7, 11) is 0. The van der Waals surface area contributed by atoms with Gasteiger partial charge in [0.15, 0.2) is 0 Å². The number of aromatic nitrogens is 1. The first kappa shape index (κ1) is 20.4. The van der Waals surface area contributed by atoms with Crippen LogP contribution in [-0.2, 0) is 17.9 Å². The van der Waals surface area contributed by atoms with Crippen molar-refractivity contribution in [1.82, 2.24) is 10.3 Å². The molecule has 0 saturated carbocycles. The third-order valence-corrected chi connectivity index (χ3v) is 5.01. The van der Waals surface area contributed by atoms with Gasteiger partial charge in [0.1, 0.15) is 12.4 Å². The number of ether oxygens (including phenoxy) is 1. The molecule has 4 rings (SSSR count). The van der Waals surface area contributed by atoms with Crippen LogP contribution in [0.4, 0.5) is 16.2 Å². The summed E-state index contributed by atoms with van der Waals surface area (Å²) in [6.45, 7) is 1.60. The second-order valence-corrected chi connectivity index (χ2v) is 7.30. The Kier molecular flexibility index (Phi) is 6.42. The number of hydrogen-bond donors (Lipinski definition) is 2. The number of benzene rings is 2. The summed E-state index contributed by atoms with van der Waals surface area (Å²) in [5, 5.41) is 5.64. The van der Waals surface area contributed by atoms with E-state index in [9.17, 15) is 9.59 Å². The molecule has 0 radical (unpaired) electrons. The fraction of sp³-hybridized carbons (Fsp3) is 0.208. The summed E-state index contributed by atoms with van der Waals surface area (Å²) in [5.74, 6) is 0.903. The van der Waals surface area contributed by atoms with Gasteiger partial charge < -0.3 is 20.3 Å². The maximum Gasteiger partial charge on any atom is 0.319 e. The van der Waals surface area contributed by atoms with Crippen LogP contribution in [0.1, 0.15) is 24.0 Å². The van der Waals surface area contributed by atoms with Crippen molar-refractivity contribution in [3.63, 3.8) is 0 Å². The maximum absolute atomic E-state index is 12.2. The Morgan fingerprint density at radius 1 is 1.03 bits per heavy atom. The molecule has 0 bridgehead atoms. The molecule has 1 aliphatic rings. The SMILES string of the molecule is O=C(NCc1ccc(OCc2cccnc2)cc1)Nc1ccc(N2CCCC2=O)cc1. The van der Waals surface area contributed by atoms with Crippen molar-refractivity contribution in [1.29, 1.82) is 0 Å². The highest BCUT2D eigenvalue weighted by molar-refractivity contribution is 5.96. The largest absolute Gasteiger partial charge is 0.489 e. The Hall–Kier alpha value is -3.87. The summed E-state index contributed by atoms with van der Waals surface area (Å²) in [4.78, 5) is 29.8. The van der Waals surface area contributed by atoms with Gasteiger partial charge in [-0.15, -0.1) is 0 Å². The molecule has 2 heterocycles. The summed E-state index contributed by atoms with van der Waals surface area (Å²) in [6, 6.07) is 18.4. The van der Waals surface area contributed by atoms with Crippen LogP contribution in [0.25, 0.3) is 0 Å². The molecule has 1 aliphatic heterocycles. The zero-order valence-corrected chi connectivity index (χ0v) is 17.1. The highest BCUT2D eigenvalue weighted by Crippen LogP contribution is 2.23. The number of hydrogen-bond acceptors (Lipinski definition) is 4. The Balaban J connectivity index is 1.22. The van der Waals surface area contributed by atoms with Crippen molar-refractivity contribution in [2.75, 3.05) is 16.8 Å². The van der Waals surface area contributed by atoms with Crippen LogP contribution in [0.2, 0.25) is 0 Å². The fourth-order valence-electron chi connectivity index (χ4n) is 3.36. The fourth-order valence-corrected chi connectivity index (χ4v) is 3.36. The first-order chi connectivity index (χ1) is 15.2. The highest BCUT2D eigenvalue weighted by Gasteiger charge is 2.21. The second-order valence-electron chi connectivity index (χ2n) is 7.30. The van der Waals surface area contributed by atoms with Gasteiger partial charge in [-0.05, 0) is 54.4 Å². The van der Waals surface area contributed by atoms with E-state index in [1.807, 2.05) is 48.5 Å². The molecule has 0 aliphatic carbocycles. The van der Waals surface area contributed by atoms with Gasteiger partial charge >= 0.3 is 6.03 Å². The van der Waals surface area contributed by atoms with E-state index in [2.05, 4.69) is 15.6 Å². The smallest absolute Gasteiger partial charge is 0.319 e. The lowest BCUT2D eigenvalue weighted by molar-refractivity contribution is -0.117. The molecule has 1 aromatic heterocycles. The van der Waals surface area contributed by atoms with E-state index < -0.39 is 0 Å². The molecule has 0 atom stereocenters. The van der Waals surface area contributed by atoms with Gasteiger partial charge in [0.05, 0.1) is 0 Å². The summed E-state index contributed by atoms with van der Waals surface area (Å²) in [6.07, 6.45) is 4.99. The predicted octanol–water partition coefficient (Wildman–Crippen LogP) is 4.11. The Morgan fingerprint density at radius 2 is 1.84 bits per heavy atom. The van der Waals surface area contributed by atoms with E-state index in [4.69, 9.17) is 4.74 Å². The van der Waals surface area contributed by atoms with Gasteiger partial charge in [0, 0.05) is 48.8 Å². The summed E-state index contributed by atoms with van der Waals surface area (Å²) >= 11 is 0. The third kappa shape index (κ3) is 5.60. The molecule has 158 valence electrons. The van der Waals surface area contributed by atoms with Crippen molar-refractivity contribution in [2.24, 2.45) is 0 Å². The van der Waals surface area contributed by atoms with Crippen molar-refractivity contribution >= 4 is 23.3 Å². The van der Waals surface area contributed by atoms with Crippen LogP contribution < -0.4 is 20.3 Å². The number of nitrogens with one attached hydrogen (secondary N) is 2. The van der Waals surface area contributed by atoms with Crippen molar-refractivity contribution in [3.05, 3.63) is 84.2 Å². The number of carbonyl (C=O) groups excluding carboxylic acids is 2. The number of carbonyl (C=O) groups is 2. The zero-order valence-electron chi connectivity index (χ0n) is 17.1. The average Bonchev–Trinajstić information content (AvgIpc) is 3.24. The van der Waals surface area contributed by atoms with Crippen molar-refractivity contribution in [2.45, 2.75) is 26.0 Å². The molecule has 31 heavy (non-hydrogen) atoms. The van der Waals surface area contributed by atoms with Crippen LogP contribution >= 0.6 is 0 Å². The Morgan fingerprint density at radius 3 is 2.52 bits per heavy atom. The number of amides is 3. The van der Waals surface area contributed by atoms with E-state index >= 15 is 0 Å². The number of nitrogens with zero attached hydrogens (tertiary/aromatic N) is 2.